The molecule has 1 fully saturated rings. The van der Waals surface area contributed by atoms with Crippen molar-refractivity contribution in [3.05, 3.63) is 0 Å². The van der Waals surface area contributed by atoms with Crippen LogP contribution in [0.5, 0.6) is 0 Å². The third-order valence-corrected chi connectivity index (χ3v) is 2.43. The molecule has 0 bridgehead atoms. The topological polar surface area (TPSA) is 46.2 Å². The molecule has 0 heterocycles. The molecule has 2 atom stereocenters. The number of nitrogens with two attached hydrogens (primary N) is 1. The summed E-state index contributed by atoms with van der Waals surface area (Å²) in [7, 11) is 0. The first kappa shape index (κ1) is 7.03. The second kappa shape index (κ2) is 2.27. The quantitative estimate of drug-likeness (QED) is 0.545. The Hall–Kier alpha value is -0.0800. The average molecular weight is 129 g/mol. The fourth-order valence-electron chi connectivity index (χ4n) is 1.52. The highest BCUT2D eigenvalue weighted by molar-refractivity contribution is 4.93. The molecule has 1 rings (SSSR count). The van der Waals surface area contributed by atoms with E-state index in [0.717, 1.165) is 25.7 Å². The molecule has 54 valence electrons. The van der Waals surface area contributed by atoms with Crippen LogP contribution in [0, 0.1) is 0 Å². The van der Waals surface area contributed by atoms with Gasteiger partial charge in [-0.25, -0.2) is 0 Å². The van der Waals surface area contributed by atoms with Crippen molar-refractivity contribution in [2.45, 2.75) is 44.2 Å². The van der Waals surface area contributed by atoms with E-state index < -0.39 is 5.60 Å². The monoisotopic (exact) mass is 129 g/mol. The largest absolute Gasteiger partial charge is 0.388 e. The van der Waals surface area contributed by atoms with Crippen molar-refractivity contribution >= 4 is 0 Å². The molecule has 0 amide bonds. The highest BCUT2D eigenvalue weighted by Gasteiger charge is 2.36. The van der Waals surface area contributed by atoms with E-state index in [4.69, 9.17) is 5.73 Å². The molecule has 2 unspecified atom stereocenters. The standard InChI is InChI=1S/C7H15NO/c1-2-7(9)5-3-4-6(7)8/h6,9H,2-5,8H2,1H3. The number of hydrogen-bond acceptors (Lipinski definition) is 2. The zero-order chi connectivity index (χ0) is 6.91. The molecular weight excluding hydrogens is 114 g/mol. The molecular formula is C7H15NO. The molecule has 9 heavy (non-hydrogen) atoms. The Labute approximate surface area is 56.1 Å². The number of hydrogen-bond donors (Lipinski definition) is 2. The van der Waals surface area contributed by atoms with Crippen LogP contribution in [0.25, 0.3) is 0 Å². The van der Waals surface area contributed by atoms with Gasteiger partial charge in [-0.15, -0.1) is 0 Å². The third kappa shape index (κ3) is 1.10. The van der Waals surface area contributed by atoms with Crippen LogP contribution in [0.4, 0.5) is 0 Å². The lowest BCUT2D eigenvalue weighted by Gasteiger charge is -2.25. The molecule has 0 aliphatic heterocycles. The summed E-state index contributed by atoms with van der Waals surface area (Å²) < 4.78 is 0. The van der Waals surface area contributed by atoms with Crippen LogP contribution in [0.1, 0.15) is 32.6 Å². The van der Waals surface area contributed by atoms with E-state index in [1.54, 1.807) is 0 Å². The lowest BCUT2D eigenvalue weighted by molar-refractivity contribution is 0.0283. The second-order valence-corrected chi connectivity index (χ2v) is 2.96. The average Bonchev–Trinajstić information content (AvgIpc) is 2.15. The molecule has 1 aliphatic carbocycles. The van der Waals surface area contributed by atoms with Crippen molar-refractivity contribution in [1.29, 1.82) is 0 Å². The fourth-order valence-corrected chi connectivity index (χ4v) is 1.52. The highest BCUT2D eigenvalue weighted by atomic mass is 16.3. The minimum atomic E-state index is -0.528. The van der Waals surface area contributed by atoms with E-state index in [1.165, 1.54) is 0 Å². The molecule has 2 nitrogen and oxygen atoms in total. The summed E-state index contributed by atoms with van der Waals surface area (Å²) in [6.07, 6.45) is 3.77. The zero-order valence-corrected chi connectivity index (χ0v) is 5.93. The summed E-state index contributed by atoms with van der Waals surface area (Å²) in [5.41, 5.74) is 5.15. The normalized spacial score (nSPS) is 43.7. The lowest BCUT2D eigenvalue weighted by Crippen LogP contribution is -2.42. The Morgan fingerprint density at radius 1 is 1.78 bits per heavy atom. The van der Waals surface area contributed by atoms with Gasteiger partial charge in [-0.2, -0.15) is 0 Å². The highest BCUT2D eigenvalue weighted by Crippen LogP contribution is 2.30. The van der Waals surface area contributed by atoms with Crippen LogP contribution in [0.15, 0.2) is 0 Å². The SMILES string of the molecule is CCC1(O)CCCC1N. The van der Waals surface area contributed by atoms with Gasteiger partial charge in [-0.3, -0.25) is 0 Å². The first-order chi connectivity index (χ1) is 4.19. The van der Waals surface area contributed by atoms with Crippen LogP contribution in [0.2, 0.25) is 0 Å². The number of aliphatic hydroxyl groups is 1. The van der Waals surface area contributed by atoms with Crippen molar-refractivity contribution < 1.29 is 5.11 Å². The molecule has 2 heteroatoms. The van der Waals surface area contributed by atoms with E-state index in [1.807, 2.05) is 6.92 Å². The van der Waals surface area contributed by atoms with Gasteiger partial charge in [-0.05, 0) is 25.7 Å². The van der Waals surface area contributed by atoms with Crippen LogP contribution in [-0.4, -0.2) is 16.7 Å². The van der Waals surface area contributed by atoms with Crippen molar-refractivity contribution in [3.8, 4) is 0 Å². The van der Waals surface area contributed by atoms with Gasteiger partial charge in [0.1, 0.15) is 0 Å². The minimum absolute atomic E-state index is 0.0301. The first-order valence-corrected chi connectivity index (χ1v) is 3.67. The van der Waals surface area contributed by atoms with Crippen molar-refractivity contribution in [1.82, 2.24) is 0 Å². The van der Waals surface area contributed by atoms with Crippen LogP contribution in [-0.2, 0) is 0 Å². The zero-order valence-electron chi connectivity index (χ0n) is 5.93. The predicted molar refractivity (Wildman–Crippen MR) is 37.1 cm³/mol. The predicted octanol–water partition coefficient (Wildman–Crippen LogP) is 0.639. The summed E-state index contributed by atoms with van der Waals surface area (Å²) in [5.74, 6) is 0. The summed E-state index contributed by atoms with van der Waals surface area (Å²) in [4.78, 5) is 0. The van der Waals surface area contributed by atoms with Gasteiger partial charge in [0.25, 0.3) is 0 Å². The molecule has 1 saturated carbocycles. The number of rotatable bonds is 1. The maximum atomic E-state index is 9.64. The van der Waals surface area contributed by atoms with Crippen LogP contribution in [0.3, 0.4) is 0 Å². The second-order valence-electron chi connectivity index (χ2n) is 2.96. The van der Waals surface area contributed by atoms with E-state index >= 15 is 0 Å². The van der Waals surface area contributed by atoms with Gasteiger partial charge in [-0.1, -0.05) is 6.92 Å². The summed E-state index contributed by atoms with van der Waals surface area (Å²) in [6, 6.07) is 0.0301. The molecule has 1 aliphatic rings. The smallest absolute Gasteiger partial charge is 0.0795 e. The Morgan fingerprint density at radius 2 is 2.44 bits per heavy atom. The molecule has 0 aromatic heterocycles. The minimum Gasteiger partial charge on any atom is -0.388 e. The molecule has 0 saturated heterocycles. The van der Waals surface area contributed by atoms with E-state index in [-0.39, 0.29) is 6.04 Å². The lowest BCUT2D eigenvalue weighted by atomic mass is 9.95. The van der Waals surface area contributed by atoms with E-state index in [9.17, 15) is 5.11 Å². The Bertz CT molecular complexity index is 105. The molecule has 0 radical (unpaired) electrons. The first-order valence-electron chi connectivity index (χ1n) is 3.67. The van der Waals surface area contributed by atoms with E-state index in [2.05, 4.69) is 0 Å². The van der Waals surface area contributed by atoms with Gasteiger partial charge in [0, 0.05) is 6.04 Å². The van der Waals surface area contributed by atoms with Gasteiger partial charge >= 0.3 is 0 Å². The van der Waals surface area contributed by atoms with Gasteiger partial charge in [0.15, 0.2) is 0 Å². The Kier molecular flexibility index (Phi) is 1.78. The van der Waals surface area contributed by atoms with Gasteiger partial charge in [0.05, 0.1) is 5.60 Å². The molecule has 0 aromatic carbocycles. The van der Waals surface area contributed by atoms with Crippen molar-refractivity contribution in [3.63, 3.8) is 0 Å². The molecule has 3 N–H and O–H groups in total. The summed E-state index contributed by atoms with van der Waals surface area (Å²) in [6.45, 7) is 1.99. The fraction of sp³-hybridized carbons (Fsp3) is 1.00. The van der Waals surface area contributed by atoms with Gasteiger partial charge < -0.3 is 10.8 Å². The van der Waals surface area contributed by atoms with Gasteiger partial charge in [0.2, 0.25) is 0 Å². The van der Waals surface area contributed by atoms with E-state index in [0.29, 0.717) is 0 Å². The summed E-state index contributed by atoms with van der Waals surface area (Å²) >= 11 is 0. The maximum absolute atomic E-state index is 9.64. The maximum Gasteiger partial charge on any atom is 0.0795 e. The van der Waals surface area contributed by atoms with Crippen molar-refractivity contribution in [2.24, 2.45) is 5.73 Å². The Balaban J connectivity index is 2.56. The van der Waals surface area contributed by atoms with Crippen molar-refractivity contribution in [2.75, 3.05) is 0 Å². The van der Waals surface area contributed by atoms with Crippen LogP contribution >= 0.6 is 0 Å². The Morgan fingerprint density at radius 3 is 2.67 bits per heavy atom. The third-order valence-electron chi connectivity index (χ3n) is 2.43. The van der Waals surface area contributed by atoms with Crippen LogP contribution < -0.4 is 5.73 Å². The molecule has 0 aromatic rings. The molecule has 0 spiro atoms. The summed E-state index contributed by atoms with van der Waals surface area (Å²) in [5, 5.41) is 9.64.